The maximum atomic E-state index is 10.9. The maximum Gasteiger partial charge on any atom is 0.358 e. The number of aromatic carboxylic acids is 1. The van der Waals surface area contributed by atoms with Crippen molar-refractivity contribution in [3.8, 4) is 5.75 Å². The van der Waals surface area contributed by atoms with Crippen molar-refractivity contribution in [1.82, 2.24) is 9.97 Å². The molecule has 2 aromatic rings. The van der Waals surface area contributed by atoms with E-state index in [1.165, 1.54) is 6.20 Å². The molecule has 0 aliphatic heterocycles. The van der Waals surface area contributed by atoms with Crippen LogP contribution >= 0.6 is 15.9 Å². The second kappa shape index (κ2) is 5.59. The summed E-state index contributed by atoms with van der Waals surface area (Å²) >= 11 is 3.28. The first-order chi connectivity index (χ1) is 8.66. The lowest BCUT2D eigenvalue weighted by Gasteiger charge is -2.07. The molecule has 0 unspecified atom stereocenters. The smallest absolute Gasteiger partial charge is 0.358 e. The van der Waals surface area contributed by atoms with Gasteiger partial charge in [-0.15, -0.1) is 0 Å². The summed E-state index contributed by atoms with van der Waals surface area (Å²) in [5.74, 6) is -0.885. The van der Waals surface area contributed by atoms with Crippen molar-refractivity contribution in [2.45, 2.75) is 6.61 Å². The summed E-state index contributed by atoms with van der Waals surface area (Å²) in [5.41, 5.74) is 0.605. The molecule has 2 heterocycles. The fourth-order valence-electron chi connectivity index (χ4n) is 1.31. The molecule has 18 heavy (non-hydrogen) atoms. The van der Waals surface area contributed by atoms with Gasteiger partial charge in [0.25, 0.3) is 0 Å². The number of hydrogen-bond acceptors (Lipinski definition) is 4. The number of rotatable bonds is 4. The summed E-state index contributed by atoms with van der Waals surface area (Å²) in [4.78, 5) is 18.8. The third-order valence-corrected chi connectivity index (χ3v) is 2.61. The van der Waals surface area contributed by atoms with Crippen molar-refractivity contribution in [1.29, 1.82) is 0 Å². The van der Waals surface area contributed by atoms with Crippen LogP contribution in [0.2, 0.25) is 0 Å². The molecule has 92 valence electrons. The number of pyridine rings is 2. The molecule has 0 radical (unpaired) electrons. The van der Waals surface area contributed by atoms with Crippen LogP contribution in [0.15, 0.2) is 41.1 Å². The summed E-state index contributed by atoms with van der Waals surface area (Å²) in [5, 5.41) is 8.93. The van der Waals surface area contributed by atoms with Crippen LogP contribution in [0, 0.1) is 0 Å². The number of carboxylic acid groups (broad SMARTS) is 1. The SMILES string of the molecule is O=C(O)c1ncccc1OCc1ccc(Br)cn1. The average Bonchev–Trinajstić information content (AvgIpc) is 2.38. The Morgan fingerprint density at radius 1 is 1.33 bits per heavy atom. The van der Waals surface area contributed by atoms with Crippen LogP contribution in [-0.2, 0) is 6.61 Å². The van der Waals surface area contributed by atoms with Crippen LogP contribution in [0.4, 0.5) is 0 Å². The lowest BCUT2D eigenvalue weighted by atomic mass is 10.3. The molecular weight excluding hydrogens is 300 g/mol. The maximum absolute atomic E-state index is 10.9. The number of nitrogens with zero attached hydrogens (tertiary/aromatic N) is 2. The zero-order valence-electron chi connectivity index (χ0n) is 9.21. The van der Waals surface area contributed by atoms with Crippen molar-refractivity contribution < 1.29 is 14.6 Å². The third-order valence-electron chi connectivity index (χ3n) is 2.14. The van der Waals surface area contributed by atoms with Crippen LogP contribution in [0.5, 0.6) is 5.75 Å². The molecule has 0 bridgehead atoms. The molecule has 2 aromatic heterocycles. The Kier molecular flexibility index (Phi) is 3.88. The predicted molar refractivity (Wildman–Crippen MR) is 67.5 cm³/mol. The molecule has 0 fully saturated rings. The van der Waals surface area contributed by atoms with Gasteiger partial charge in [-0.3, -0.25) is 4.98 Å². The molecule has 0 atom stereocenters. The van der Waals surface area contributed by atoms with Crippen molar-refractivity contribution in [2.75, 3.05) is 0 Å². The second-order valence-electron chi connectivity index (χ2n) is 3.41. The van der Waals surface area contributed by atoms with E-state index < -0.39 is 5.97 Å². The molecular formula is C12H9BrN2O3. The van der Waals surface area contributed by atoms with Gasteiger partial charge in [-0.05, 0) is 40.2 Å². The van der Waals surface area contributed by atoms with Crippen LogP contribution in [0.25, 0.3) is 0 Å². The summed E-state index contributed by atoms with van der Waals surface area (Å²) < 4.78 is 6.28. The monoisotopic (exact) mass is 308 g/mol. The number of carboxylic acids is 1. The topological polar surface area (TPSA) is 72.3 Å². The van der Waals surface area contributed by atoms with Gasteiger partial charge in [0.2, 0.25) is 0 Å². The molecule has 0 aromatic carbocycles. The largest absolute Gasteiger partial charge is 0.485 e. The number of hydrogen-bond donors (Lipinski definition) is 1. The number of halogens is 1. The Bertz CT molecular complexity index is 558. The van der Waals surface area contributed by atoms with Crippen molar-refractivity contribution in [3.63, 3.8) is 0 Å². The van der Waals surface area contributed by atoms with E-state index in [1.807, 2.05) is 6.07 Å². The molecule has 1 N–H and O–H groups in total. The zero-order valence-corrected chi connectivity index (χ0v) is 10.8. The van der Waals surface area contributed by atoms with E-state index in [0.717, 1.165) is 4.47 Å². The molecule has 0 saturated carbocycles. The minimum Gasteiger partial charge on any atom is -0.485 e. The number of aromatic nitrogens is 2. The molecule has 0 saturated heterocycles. The van der Waals surface area contributed by atoms with E-state index in [2.05, 4.69) is 25.9 Å². The molecule has 0 aliphatic rings. The zero-order chi connectivity index (χ0) is 13.0. The summed E-state index contributed by atoms with van der Waals surface area (Å²) in [6, 6.07) is 6.82. The van der Waals surface area contributed by atoms with Gasteiger partial charge in [0.15, 0.2) is 11.4 Å². The highest BCUT2D eigenvalue weighted by atomic mass is 79.9. The van der Waals surface area contributed by atoms with Crippen LogP contribution in [0.1, 0.15) is 16.2 Å². The van der Waals surface area contributed by atoms with Gasteiger partial charge in [-0.1, -0.05) is 0 Å². The summed E-state index contributed by atoms with van der Waals surface area (Å²) in [7, 11) is 0. The number of carbonyl (C=O) groups is 1. The minimum absolute atomic E-state index is 0.102. The van der Waals surface area contributed by atoms with Crippen LogP contribution < -0.4 is 4.74 Å². The second-order valence-corrected chi connectivity index (χ2v) is 4.33. The summed E-state index contributed by atoms with van der Waals surface area (Å²) in [6.45, 7) is 0.194. The summed E-state index contributed by atoms with van der Waals surface area (Å²) in [6.07, 6.45) is 3.06. The standard InChI is InChI=1S/C12H9BrN2O3/c13-8-3-4-9(15-6-8)7-18-10-2-1-5-14-11(10)12(16)17/h1-6H,7H2,(H,16,17). The normalized spacial score (nSPS) is 10.1. The molecule has 0 aliphatic carbocycles. The third kappa shape index (κ3) is 3.04. The lowest BCUT2D eigenvalue weighted by Crippen LogP contribution is -2.06. The van der Waals surface area contributed by atoms with E-state index in [9.17, 15) is 4.79 Å². The first-order valence-corrected chi connectivity index (χ1v) is 5.87. The fraction of sp³-hybridized carbons (Fsp3) is 0.0833. The Labute approximate surface area is 112 Å². The van der Waals surface area contributed by atoms with Crippen molar-refractivity contribution in [2.24, 2.45) is 0 Å². The Morgan fingerprint density at radius 3 is 2.83 bits per heavy atom. The lowest BCUT2D eigenvalue weighted by molar-refractivity contribution is 0.0684. The molecule has 6 heteroatoms. The first kappa shape index (κ1) is 12.5. The highest BCUT2D eigenvalue weighted by Gasteiger charge is 2.12. The van der Waals surface area contributed by atoms with E-state index in [4.69, 9.17) is 9.84 Å². The van der Waals surface area contributed by atoms with Crippen LogP contribution in [0.3, 0.4) is 0 Å². The van der Waals surface area contributed by atoms with Gasteiger partial charge < -0.3 is 9.84 Å². The molecule has 5 nitrogen and oxygen atoms in total. The minimum atomic E-state index is -1.12. The van der Waals surface area contributed by atoms with E-state index in [0.29, 0.717) is 5.69 Å². The Morgan fingerprint density at radius 2 is 2.17 bits per heavy atom. The number of ether oxygens (including phenoxy) is 1. The Balaban J connectivity index is 2.10. The van der Waals surface area contributed by atoms with Gasteiger partial charge >= 0.3 is 5.97 Å². The molecule has 0 amide bonds. The molecule has 2 rings (SSSR count). The van der Waals surface area contributed by atoms with Gasteiger partial charge in [0, 0.05) is 16.9 Å². The predicted octanol–water partition coefficient (Wildman–Crippen LogP) is 2.52. The Hall–Kier alpha value is -1.95. The van der Waals surface area contributed by atoms with Crippen LogP contribution in [-0.4, -0.2) is 21.0 Å². The van der Waals surface area contributed by atoms with E-state index >= 15 is 0 Å². The fourth-order valence-corrected chi connectivity index (χ4v) is 1.55. The van der Waals surface area contributed by atoms with Crippen molar-refractivity contribution in [3.05, 3.63) is 52.5 Å². The van der Waals surface area contributed by atoms with Crippen molar-refractivity contribution >= 4 is 21.9 Å². The van der Waals surface area contributed by atoms with Gasteiger partial charge in [0.05, 0.1) is 5.69 Å². The van der Waals surface area contributed by atoms with Gasteiger partial charge in [-0.2, -0.15) is 0 Å². The van der Waals surface area contributed by atoms with Gasteiger partial charge in [0.1, 0.15) is 6.61 Å². The quantitative estimate of drug-likeness (QED) is 0.939. The first-order valence-electron chi connectivity index (χ1n) is 5.08. The van der Waals surface area contributed by atoms with E-state index in [1.54, 1.807) is 24.4 Å². The van der Waals surface area contributed by atoms with E-state index in [-0.39, 0.29) is 18.1 Å². The average molecular weight is 309 g/mol. The highest BCUT2D eigenvalue weighted by Crippen LogP contribution is 2.17. The van der Waals surface area contributed by atoms with Gasteiger partial charge in [-0.25, -0.2) is 9.78 Å². The highest BCUT2D eigenvalue weighted by molar-refractivity contribution is 9.10. The molecule has 0 spiro atoms.